The fourth-order valence-corrected chi connectivity index (χ4v) is 2.45. The Morgan fingerprint density at radius 3 is 3.05 bits per heavy atom. The lowest BCUT2D eigenvalue weighted by atomic mass is 10.1. The van der Waals surface area contributed by atoms with Crippen LogP contribution in [0.2, 0.25) is 0 Å². The van der Waals surface area contributed by atoms with Crippen molar-refractivity contribution in [3.8, 4) is 6.07 Å². The van der Waals surface area contributed by atoms with Crippen molar-refractivity contribution in [2.75, 3.05) is 44.9 Å². The number of hydrogen-bond donors (Lipinski definition) is 0. The van der Waals surface area contributed by atoms with Crippen LogP contribution in [0.5, 0.6) is 0 Å². The van der Waals surface area contributed by atoms with Crippen molar-refractivity contribution in [3.05, 3.63) is 29.6 Å². The standard InChI is InChI=1S/C15H19FN2O2/c1-19-6-7-20-11-12-4-5-18(10-12)15-3-2-14(16)8-13(15)9-17/h2-3,8,12H,4-7,10-11H2,1H3. The summed E-state index contributed by atoms with van der Waals surface area (Å²) in [4.78, 5) is 2.13. The van der Waals surface area contributed by atoms with Crippen LogP contribution in [0.4, 0.5) is 10.1 Å². The Bertz CT molecular complexity index is 487. The minimum Gasteiger partial charge on any atom is -0.382 e. The molecule has 1 aromatic rings. The summed E-state index contributed by atoms with van der Waals surface area (Å²) in [5.74, 6) is 0.0763. The van der Waals surface area contributed by atoms with Gasteiger partial charge in [-0.1, -0.05) is 0 Å². The number of ether oxygens (including phenoxy) is 2. The topological polar surface area (TPSA) is 45.5 Å². The second-order valence-electron chi connectivity index (χ2n) is 4.94. The third-order valence-corrected chi connectivity index (χ3v) is 3.49. The summed E-state index contributed by atoms with van der Waals surface area (Å²) in [5.41, 5.74) is 1.21. The highest BCUT2D eigenvalue weighted by Gasteiger charge is 2.24. The van der Waals surface area contributed by atoms with E-state index in [1.807, 2.05) is 0 Å². The third kappa shape index (κ3) is 3.69. The third-order valence-electron chi connectivity index (χ3n) is 3.49. The molecule has 0 aliphatic carbocycles. The number of anilines is 1. The molecule has 1 aliphatic rings. The summed E-state index contributed by atoms with van der Waals surface area (Å²) in [6, 6.07) is 6.43. The molecule has 4 nitrogen and oxygen atoms in total. The first-order chi connectivity index (χ1) is 9.74. The second kappa shape index (κ2) is 7.22. The van der Waals surface area contributed by atoms with E-state index in [0.29, 0.717) is 31.3 Å². The molecule has 1 saturated heterocycles. The number of halogens is 1. The van der Waals surface area contributed by atoms with Gasteiger partial charge in [-0.15, -0.1) is 0 Å². The Labute approximate surface area is 118 Å². The Hall–Kier alpha value is -1.64. The minimum atomic E-state index is -0.371. The number of rotatable bonds is 6. The molecule has 1 heterocycles. The van der Waals surface area contributed by atoms with E-state index >= 15 is 0 Å². The van der Waals surface area contributed by atoms with Crippen LogP contribution < -0.4 is 4.90 Å². The average molecular weight is 278 g/mol. The molecular formula is C15H19FN2O2. The Balaban J connectivity index is 1.91. The summed E-state index contributed by atoms with van der Waals surface area (Å²) in [7, 11) is 1.65. The van der Waals surface area contributed by atoms with Crippen LogP contribution in [-0.4, -0.2) is 40.0 Å². The van der Waals surface area contributed by atoms with Gasteiger partial charge in [0.2, 0.25) is 0 Å². The Morgan fingerprint density at radius 1 is 1.45 bits per heavy atom. The van der Waals surface area contributed by atoms with E-state index in [1.165, 1.54) is 12.1 Å². The molecule has 5 heteroatoms. The molecule has 0 amide bonds. The maximum absolute atomic E-state index is 13.1. The molecule has 1 aromatic carbocycles. The van der Waals surface area contributed by atoms with Crippen molar-refractivity contribution >= 4 is 5.69 Å². The lowest BCUT2D eigenvalue weighted by Gasteiger charge is -2.20. The van der Waals surface area contributed by atoms with E-state index in [1.54, 1.807) is 13.2 Å². The molecule has 108 valence electrons. The van der Waals surface area contributed by atoms with Gasteiger partial charge in [0.05, 0.1) is 31.1 Å². The maximum atomic E-state index is 13.1. The zero-order valence-corrected chi connectivity index (χ0v) is 11.6. The molecule has 0 saturated carbocycles. The lowest BCUT2D eigenvalue weighted by Crippen LogP contribution is -2.22. The van der Waals surface area contributed by atoms with Crippen LogP contribution >= 0.6 is 0 Å². The van der Waals surface area contributed by atoms with E-state index < -0.39 is 0 Å². The number of nitrogens with zero attached hydrogens (tertiary/aromatic N) is 2. The van der Waals surface area contributed by atoms with Crippen molar-refractivity contribution in [1.29, 1.82) is 5.26 Å². The highest BCUT2D eigenvalue weighted by Crippen LogP contribution is 2.27. The Kier molecular flexibility index (Phi) is 5.33. The van der Waals surface area contributed by atoms with Crippen LogP contribution in [0, 0.1) is 23.1 Å². The van der Waals surface area contributed by atoms with Crippen molar-refractivity contribution in [3.63, 3.8) is 0 Å². The van der Waals surface area contributed by atoms with Crippen molar-refractivity contribution in [2.24, 2.45) is 5.92 Å². The SMILES string of the molecule is COCCOCC1CCN(c2ccc(F)cc2C#N)C1. The molecular weight excluding hydrogens is 259 g/mol. The molecule has 0 aromatic heterocycles. The minimum absolute atomic E-state index is 0.371. The van der Waals surface area contributed by atoms with Crippen LogP contribution in [0.15, 0.2) is 18.2 Å². The fraction of sp³-hybridized carbons (Fsp3) is 0.533. The highest BCUT2D eigenvalue weighted by molar-refractivity contribution is 5.59. The van der Waals surface area contributed by atoms with E-state index in [4.69, 9.17) is 14.7 Å². The van der Waals surface area contributed by atoms with E-state index in [-0.39, 0.29) is 5.82 Å². The Morgan fingerprint density at radius 2 is 2.30 bits per heavy atom. The van der Waals surface area contributed by atoms with Gasteiger partial charge in [-0.05, 0) is 24.6 Å². The van der Waals surface area contributed by atoms with Crippen molar-refractivity contribution in [1.82, 2.24) is 0 Å². The molecule has 1 fully saturated rings. The van der Waals surface area contributed by atoms with Crippen LogP contribution in [-0.2, 0) is 9.47 Å². The van der Waals surface area contributed by atoms with Crippen molar-refractivity contribution in [2.45, 2.75) is 6.42 Å². The van der Waals surface area contributed by atoms with Gasteiger partial charge in [-0.3, -0.25) is 0 Å². The lowest BCUT2D eigenvalue weighted by molar-refractivity contribution is 0.0549. The first-order valence-corrected chi connectivity index (χ1v) is 6.76. The zero-order chi connectivity index (χ0) is 14.4. The first-order valence-electron chi connectivity index (χ1n) is 6.76. The predicted octanol–water partition coefficient (Wildman–Crippen LogP) is 2.19. The number of nitriles is 1. The van der Waals surface area contributed by atoms with Crippen LogP contribution in [0.25, 0.3) is 0 Å². The molecule has 20 heavy (non-hydrogen) atoms. The van der Waals surface area contributed by atoms with Gasteiger partial charge in [0, 0.05) is 26.1 Å². The van der Waals surface area contributed by atoms with Gasteiger partial charge in [-0.25, -0.2) is 4.39 Å². The maximum Gasteiger partial charge on any atom is 0.124 e. The summed E-state index contributed by atoms with van der Waals surface area (Å²) >= 11 is 0. The van der Waals surface area contributed by atoms with E-state index in [2.05, 4.69) is 11.0 Å². The van der Waals surface area contributed by atoms with Crippen LogP contribution in [0.1, 0.15) is 12.0 Å². The van der Waals surface area contributed by atoms with Crippen LogP contribution in [0.3, 0.4) is 0 Å². The molecule has 1 unspecified atom stereocenters. The highest BCUT2D eigenvalue weighted by atomic mass is 19.1. The van der Waals surface area contributed by atoms with Gasteiger partial charge in [0.1, 0.15) is 11.9 Å². The summed E-state index contributed by atoms with van der Waals surface area (Å²) in [6.07, 6.45) is 1.02. The predicted molar refractivity (Wildman–Crippen MR) is 74.1 cm³/mol. The normalized spacial score (nSPS) is 18.2. The summed E-state index contributed by atoms with van der Waals surface area (Å²) in [5, 5.41) is 9.09. The van der Waals surface area contributed by atoms with E-state index in [9.17, 15) is 4.39 Å². The van der Waals surface area contributed by atoms with Gasteiger partial charge in [0.25, 0.3) is 0 Å². The summed E-state index contributed by atoms with van der Waals surface area (Å²) < 4.78 is 23.6. The second-order valence-corrected chi connectivity index (χ2v) is 4.94. The average Bonchev–Trinajstić information content (AvgIpc) is 2.92. The monoisotopic (exact) mass is 278 g/mol. The molecule has 0 spiro atoms. The van der Waals surface area contributed by atoms with Gasteiger partial charge < -0.3 is 14.4 Å². The fourth-order valence-electron chi connectivity index (χ4n) is 2.45. The van der Waals surface area contributed by atoms with E-state index in [0.717, 1.165) is 25.2 Å². The van der Waals surface area contributed by atoms with Crippen molar-refractivity contribution < 1.29 is 13.9 Å². The smallest absolute Gasteiger partial charge is 0.124 e. The number of hydrogen-bond acceptors (Lipinski definition) is 4. The molecule has 2 rings (SSSR count). The number of methoxy groups -OCH3 is 1. The summed E-state index contributed by atoms with van der Waals surface area (Å²) in [6.45, 7) is 3.62. The quantitative estimate of drug-likeness (QED) is 0.748. The molecule has 0 N–H and O–H groups in total. The largest absolute Gasteiger partial charge is 0.382 e. The molecule has 1 atom stereocenters. The van der Waals surface area contributed by atoms with Gasteiger partial charge in [0.15, 0.2) is 0 Å². The molecule has 0 radical (unpaired) electrons. The molecule has 1 aliphatic heterocycles. The number of benzene rings is 1. The first kappa shape index (κ1) is 14.8. The molecule has 0 bridgehead atoms. The van der Waals surface area contributed by atoms with Gasteiger partial charge >= 0.3 is 0 Å². The zero-order valence-electron chi connectivity index (χ0n) is 11.6. The van der Waals surface area contributed by atoms with Gasteiger partial charge in [-0.2, -0.15) is 5.26 Å².